The lowest BCUT2D eigenvalue weighted by Crippen LogP contribution is -2.61. The Kier molecular flexibility index (Phi) is 14.1. The van der Waals surface area contributed by atoms with E-state index in [1.54, 1.807) is 0 Å². The van der Waals surface area contributed by atoms with Crippen LogP contribution in [0.1, 0.15) is 157 Å². The van der Waals surface area contributed by atoms with Crippen molar-refractivity contribution >= 4 is 79.0 Å². The molecule has 11 aromatic carbocycles. The van der Waals surface area contributed by atoms with Crippen molar-refractivity contribution in [2.45, 2.75) is 156 Å². The molecule has 4 heteroatoms. The van der Waals surface area contributed by atoms with E-state index in [9.17, 15) is 0 Å². The van der Waals surface area contributed by atoms with Crippen molar-refractivity contribution in [2.24, 2.45) is 0 Å². The fourth-order valence-corrected chi connectivity index (χ4v) is 15.6. The Labute approximate surface area is 560 Å². The smallest absolute Gasteiger partial charge is 0.252 e. The SMILES string of the molecule is CC(C)(C)c1ccc(-c2ccc3c(c2)N(c2ccc(-c4cc(C(C)(C)C)cc(C(C)(C)C)c4)cc2)c2cc(-n4c5ccccc5c5ccccc54)cc4c2B3c2ccc(-c3ccc(C(C)(C)C)cc3)cc2N4c2ccc(-c3ccc4c(c3)C(C)(C)CCC4(C)C)cc2)cc1. The molecule has 3 nitrogen and oxygen atoms in total. The first-order chi connectivity index (χ1) is 44.6. The molecule has 0 spiro atoms. The van der Waals surface area contributed by atoms with Gasteiger partial charge < -0.3 is 14.4 Å². The zero-order chi connectivity index (χ0) is 65.8. The predicted molar refractivity (Wildman–Crippen MR) is 407 cm³/mol. The summed E-state index contributed by atoms with van der Waals surface area (Å²) < 4.78 is 2.53. The molecule has 15 rings (SSSR count). The quantitative estimate of drug-likeness (QED) is 0.147. The summed E-state index contributed by atoms with van der Waals surface area (Å²) in [4.78, 5) is 5.23. The fraction of sp³-hybridized carbons (Fsp3) is 0.267. The molecule has 0 fully saturated rings. The summed E-state index contributed by atoms with van der Waals surface area (Å²) in [6.45, 7) is 37.4. The molecule has 1 aliphatic carbocycles. The minimum atomic E-state index is -0.109. The third kappa shape index (κ3) is 10.4. The van der Waals surface area contributed by atoms with Crippen molar-refractivity contribution in [3.8, 4) is 50.2 Å². The maximum atomic E-state index is 2.61. The number of rotatable bonds is 7. The number of nitrogens with zero attached hydrogens (tertiary/aromatic N) is 3. The van der Waals surface area contributed by atoms with E-state index in [1.165, 1.54) is 152 Å². The topological polar surface area (TPSA) is 11.4 Å². The first kappa shape index (κ1) is 61.1. The minimum Gasteiger partial charge on any atom is -0.311 e. The molecular weight excluding hydrogens is 1130 g/mol. The molecule has 0 unspecified atom stereocenters. The lowest BCUT2D eigenvalue weighted by molar-refractivity contribution is 0.332. The van der Waals surface area contributed by atoms with Crippen LogP contribution in [0, 0.1) is 0 Å². The van der Waals surface area contributed by atoms with Gasteiger partial charge in [-0.15, -0.1) is 0 Å². The second-order valence-corrected chi connectivity index (χ2v) is 33.0. The van der Waals surface area contributed by atoms with Crippen LogP contribution in [0.2, 0.25) is 0 Å². The first-order valence-electron chi connectivity index (χ1n) is 34.4. The Morgan fingerprint density at radius 3 is 1.09 bits per heavy atom. The molecule has 3 aliphatic rings. The summed E-state index contributed by atoms with van der Waals surface area (Å²) in [7, 11) is 0. The average molecular weight is 1220 g/mol. The Morgan fingerprint density at radius 1 is 0.298 bits per heavy atom. The third-order valence-electron chi connectivity index (χ3n) is 21.5. The van der Waals surface area contributed by atoms with E-state index >= 15 is 0 Å². The van der Waals surface area contributed by atoms with Crippen LogP contribution in [0.3, 0.4) is 0 Å². The van der Waals surface area contributed by atoms with Crippen molar-refractivity contribution in [2.75, 3.05) is 9.80 Å². The molecule has 468 valence electrons. The monoisotopic (exact) mass is 1220 g/mol. The van der Waals surface area contributed by atoms with Crippen LogP contribution in [0.4, 0.5) is 34.1 Å². The van der Waals surface area contributed by atoms with Gasteiger partial charge in [0.05, 0.1) is 16.7 Å². The summed E-state index contributed by atoms with van der Waals surface area (Å²) in [5.74, 6) is 0. The number of fused-ring (bicyclic) bond motifs is 8. The van der Waals surface area contributed by atoms with E-state index < -0.39 is 0 Å². The maximum absolute atomic E-state index is 2.61. The molecule has 0 saturated heterocycles. The van der Waals surface area contributed by atoms with Gasteiger partial charge >= 0.3 is 0 Å². The highest BCUT2D eigenvalue weighted by Gasteiger charge is 2.45. The average Bonchev–Trinajstić information content (AvgIpc) is 0.930. The normalized spacial score (nSPS) is 15.0. The van der Waals surface area contributed by atoms with Crippen LogP contribution < -0.4 is 26.2 Å². The van der Waals surface area contributed by atoms with Crippen LogP contribution in [0.25, 0.3) is 72.0 Å². The van der Waals surface area contributed by atoms with E-state index in [4.69, 9.17) is 0 Å². The molecule has 0 saturated carbocycles. The highest BCUT2D eigenvalue weighted by atomic mass is 15.2. The molecule has 94 heavy (non-hydrogen) atoms. The highest BCUT2D eigenvalue weighted by Crippen LogP contribution is 2.51. The van der Waals surface area contributed by atoms with Gasteiger partial charge in [0, 0.05) is 44.9 Å². The Morgan fingerprint density at radius 2 is 0.660 bits per heavy atom. The zero-order valence-electron chi connectivity index (χ0n) is 58.3. The van der Waals surface area contributed by atoms with Crippen molar-refractivity contribution in [3.05, 3.63) is 264 Å². The van der Waals surface area contributed by atoms with E-state index in [0.29, 0.717) is 0 Å². The molecule has 0 amide bonds. The van der Waals surface area contributed by atoms with Crippen molar-refractivity contribution < 1.29 is 0 Å². The molecule has 0 atom stereocenters. The summed E-state index contributed by atoms with van der Waals surface area (Å²) >= 11 is 0. The van der Waals surface area contributed by atoms with E-state index in [2.05, 4.69) is 356 Å². The molecule has 12 aromatic rings. The predicted octanol–water partition coefficient (Wildman–Crippen LogP) is 23.1. The maximum Gasteiger partial charge on any atom is 0.252 e. The third-order valence-corrected chi connectivity index (χ3v) is 21.5. The zero-order valence-corrected chi connectivity index (χ0v) is 58.3. The molecule has 0 bridgehead atoms. The summed E-state index contributed by atoms with van der Waals surface area (Å²) in [6.07, 6.45) is 2.37. The summed E-state index contributed by atoms with van der Waals surface area (Å²) in [5, 5.41) is 2.47. The number of aromatic nitrogens is 1. The number of hydrogen-bond acceptors (Lipinski definition) is 2. The largest absolute Gasteiger partial charge is 0.311 e. The molecule has 0 radical (unpaired) electrons. The Hall–Kier alpha value is -9.12. The van der Waals surface area contributed by atoms with Gasteiger partial charge in [-0.2, -0.15) is 0 Å². The van der Waals surface area contributed by atoms with Gasteiger partial charge in [0.2, 0.25) is 0 Å². The lowest BCUT2D eigenvalue weighted by atomic mass is 9.33. The second kappa shape index (κ2) is 21.7. The van der Waals surface area contributed by atoms with E-state index in [0.717, 1.165) is 17.1 Å². The standard InChI is InChI=1S/C90H90BN3/c1-85(2,3)65-36-25-57(26-37-65)62-34-45-76-80(52-62)92(69-40-29-59(30-41-69)61-33-44-74-75(51-61)90(15,16)48-47-89(74,13)14)82-55-71(94-78-23-19-17-21-72(78)73-22-18-20-24-79(73)94)56-83-84(82)91(76)77-46-35-63(58-27-38-66(39-28-58)86(4,5)6)53-81(77)93(83)70-42-31-60(32-43-70)64-49-67(87(7,8)9)54-68(50-64)88(10,11)12/h17-46,49-56H,47-48H2,1-16H3. The summed E-state index contributed by atoms with van der Waals surface area (Å²) in [5.41, 5.74) is 32.6. The summed E-state index contributed by atoms with van der Waals surface area (Å²) in [6, 6.07) is 89.9. The molecule has 3 heterocycles. The number of hydrogen-bond donors (Lipinski definition) is 0. The van der Waals surface area contributed by atoms with Crippen molar-refractivity contribution in [1.82, 2.24) is 4.57 Å². The van der Waals surface area contributed by atoms with Crippen LogP contribution in [-0.2, 0) is 32.5 Å². The first-order valence-corrected chi connectivity index (χ1v) is 34.4. The van der Waals surface area contributed by atoms with Crippen LogP contribution >= 0.6 is 0 Å². The number of benzene rings is 11. The van der Waals surface area contributed by atoms with Gasteiger partial charge in [0.15, 0.2) is 0 Å². The van der Waals surface area contributed by atoms with Crippen LogP contribution in [-0.4, -0.2) is 11.3 Å². The van der Waals surface area contributed by atoms with Gasteiger partial charge in [-0.25, -0.2) is 0 Å². The van der Waals surface area contributed by atoms with E-state index in [1.807, 2.05) is 0 Å². The Balaban J connectivity index is 1.00. The van der Waals surface area contributed by atoms with Gasteiger partial charge in [0.1, 0.15) is 0 Å². The minimum absolute atomic E-state index is 0.0143. The number of para-hydroxylation sites is 2. The second-order valence-electron chi connectivity index (χ2n) is 33.0. The van der Waals surface area contributed by atoms with Crippen LogP contribution in [0.5, 0.6) is 0 Å². The molecule has 2 aliphatic heterocycles. The van der Waals surface area contributed by atoms with Gasteiger partial charge in [-0.3, -0.25) is 0 Å². The molecule has 0 N–H and O–H groups in total. The van der Waals surface area contributed by atoms with Gasteiger partial charge in [-0.05, 0) is 200 Å². The van der Waals surface area contributed by atoms with Crippen molar-refractivity contribution in [1.29, 1.82) is 0 Å². The van der Waals surface area contributed by atoms with Crippen LogP contribution in [0.15, 0.2) is 231 Å². The molecular formula is C90H90BN3. The molecule has 1 aromatic heterocycles. The lowest BCUT2D eigenvalue weighted by Gasteiger charge is -2.44. The number of anilines is 6. The highest BCUT2D eigenvalue weighted by molar-refractivity contribution is 7.00. The van der Waals surface area contributed by atoms with E-state index in [-0.39, 0.29) is 39.2 Å². The Bertz CT molecular complexity index is 4880. The van der Waals surface area contributed by atoms with Gasteiger partial charge in [0.25, 0.3) is 6.71 Å². The fourth-order valence-electron chi connectivity index (χ4n) is 15.6. The van der Waals surface area contributed by atoms with Gasteiger partial charge in [-0.1, -0.05) is 281 Å². The van der Waals surface area contributed by atoms with Crippen molar-refractivity contribution in [3.63, 3.8) is 0 Å².